The average molecular weight is 498 g/mol. The molecule has 0 aliphatic carbocycles. The van der Waals surface area contributed by atoms with Gasteiger partial charge in [0, 0.05) is 25.3 Å². The first kappa shape index (κ1) is 29.1. The van der Waals surface area contributed by atoms with Gasteiger partial charge in [-0.05, 0) is 49.1 Å². The van der Waals surface area contributed by atoms with Crippen LogP contribution in [0, 0.1) is 5.92 Å². The Labute approximate surface area is 216 Å². The SMILES string of the molecule is C=CCNC(=O)C(=O)C(CCCC)NC(=C)C(C)C[C@H](CC)OC(=O)N1CCCc2ccccc2C1. The van der Waals surface area contributed by atoms with Crippen molar-refractivity contribution in [2.24, 2.45) is 5.92 Å². The number of ether oxygens (including phenoxy) is 1. The van der Waals surface area contributed by atoms with Crippen molar-refractivity contribution >= 4 is 17.8 Å². The van der Waals surface area contributed by atoms with Gasteiger partial charge in [0.1, 0.15) is 6.10 Å². The molecule has 0 saturated carbocycles. The number of nitrogens with zero attached hydrogens (tertiary/aromatic N) is 1. The maximum absolute atomic E-state index is 13.0. The zero-order valence-corrected chi connectivity index (χ0v) is 22.2. The van der Waals surface area contributed by atoms with Crippen LogP contribution in [0.4, 0.5) is 4.79 Å². The number of rotatable bonds is 14. The Morgan fingerprint density at radius 2 is 1.92 bits per heavy atom. The summed E-state index contributed by atoms with van der Waals surface area (Å²) in [6.45, 7) is 15.2. The Morgan fingerprint density at radius 3 is 2.58 bits per heavy atom. The molecule has 0 bridgehead atoms. The van der Waals surface area contributed by atoms with E-state index in [0.29, 0.717) is 38.0 Å². The maximum Gasteiger partial charge on any atom is 0.410 e. The van der Waals surface area contributed by atoms with Gasteiger partial charge in [-0.1, -0.05) is 70.5 Å². The number of hydrogen-bond donors (Lipinski definition) is 2. The molecule has 36 heavy (non-hydrogen) atoms. The quantitative estimate of drug-likeness (QED) is 0.282. The van der Waals surface area contributed by atoms with E-state index in [2.05, 4.69) is 35.9 Å². The van der Waals surface area contributed by atoms with Gasteiger partial charge in [0.2, 0.25) is 5.78 Å². The zero-order chi connectivity index (χ0) is 26.5. The lowest BCUT2D eigenvalue weighted by atomic mass is 9.97. The fourth-order valence-electron chi connectivity index (χ4n) is 4.36. The lowest BCUT2D eigenvalue weighted by molar-refractivity contribution is -0.139. The second kappa shape index (κ2) is 15.1. The van der Waals surface area contributed by atoms with Crippen LogP contribution in [0.15, 0.2) is 49.2 Å². The summed E-state index contributed by atoms with van der Waals surface area (Å²) in [6.07, 6.45) is 6.37. The van der Waals surface area contributed by atoms with Crippen molar-refractivity contribution in [3.63, 3.8) is 0 Å². The monoisotopic (exact) mass is 497 g/mol. The van der Waals surface area contributed by atoms with Crippen molar-refractivity contribution < 1.29 is 19.1 Å². The Kier molecular flexibility index (Phi) is 12.2. The predicted octanol–water partition coefficient (Wildman–Crippen LogP) is 4.91. The third kappa shape index (κ3) is 8.85. The summed E-state index contributed by atoms with van der Waals surface area (Å²) in [7, 11) is 0. The average Bonchev–Trinajstić information content (AvgIpc) is 3.11. The second-order valence-electron chi connectivity index (χ2n) is 9.57. The highest BCUT2D eigenvalue weighted by molar-refractivity contribution is 6.38. The standard InChI is InChI=1S/C29H43N3O4/c1-6-9-16-26(27(33)28(34)30-17-7-2)31-22(5)21(4)19-25(8-3)36-29(35)32-18-12-15-23-13-10-11-14-24(23)20-32/h7,10-11,13-14,21,25-26,31H,2,5-6,8-9,12,15-20H2,1,3-4H3,(H,30,34)/t21?,25-,26?/m0/s1. The van der Waals surface area contributed by atoms with Crippen LogP contribution < -0.4 is 10.6 Å². The molecule has 0 aromatic heterocycles. The van der Waals surface area contributed by atoms with Crippen molar-refractivity contribution in [2.75, 3.05) is 13.1 Å². The number of hydrogen-bond acceptors (Lipinski definition) is 5. The number of carbonyl (C=O) groups is 3. The summed E-state index contributed by atoms with van der Waals surface area (Å²) >= 11 is 0. The zero-order valence-electron chi connectivity index (χ0n) is 22.2. The van der Waals surface area contributed by atoms with E-state index in [4.69, 9.17) is 4.74 Å². The first-order valence-electron chi connectivity index (χ1n) is 13.2. The van der Waals surface area contributed by atoms with Gasteiger partial charge in [0.15, 0.2) is 0 Å². The van der Waals surface area contributed by atoms with Crippen LogP contribution in [-0.2, 0) is 27.3 Å². The Morgan fingerprint density at radius 1 is 1.19 bits per heavy atom. The number of aryl methyl sites for hydroxylation is 1. The topological polar surface area (TPSA) is 87.7 Å². The molecule has 7 nitrogen and oxygen atoms in total. The highest BCUT2D eigenvalue weighted by Gasteiger charge is 2.28. The molecule has 1 aliphatic rings. The molecule has 198 valence electrons. The molecule has 3 atom stereocenters. The van der Waals surface area contributed by atoms with Crippen molar-refractivity contribution in [3.05, 3.63) is 60.3 Å². The Bertz CT molecular complexity index is 914. The number of allylic oxidation sites excluding steroid dienone is 1. The molecule has 0 spiro atoms. The predicted molar refractivity (Wildman–Crippen MR) is 143 cm³/mol. The number of fused-ring (bicyclic) bond motifs is 1. The number of carbonyl (C=O) groups excluding carboxylic acids is 3. The molecule has 2 N–H and O–H groups in total. The highest BCUT2D eigenvalue weighted by Crippen LogP contribution is 2.22. The van der Waals surface area contributed by atoms with Gasteiger partial charge in [0.25, 0.3) is 5.91 Å². The van der Waals surface area contributed by atoms with Gasteiger partial charge in [-0.25, -0.2) is 4.79 Å². The molecule has 2 unspecified atom stereocenters. The number of ketones is 1. The van der Waals surface area contributed by atoms with Crippen LogP contribution in [0.1, 0.15) is 70.4 Å². The molecule has 0 saturated heterocycles. The minimum Gasteiger partial charge on any atom is -0.446 e. The largest absolute Gasteiger partial charge is 0.446 e. The van der Waals surface area contributed by atoms with E-state index in [-0.39, 0.29) is 24.7 Å². The van der Waals surface area contributed by atoms with E-state index in [1.165, 1.54) is 17.2 Å². The van der Waals surface area contributed by atoms with Crippen LogP contribution >= 0.6 is 0 Å². The van der Waals surface area contributed by atoms with Crippen molar-refractivity contribution in [1.82, 2.24) is 15.5 Å². The number of unbranched alkanes of at least 4 members (excludes halogenated alkanes) is 1. The van der Waals surface area contributed by atoms with Crippen LogP contribution in [0.2, 0.25) is 0 Å². The van der Waals surface area contributed by atoms with Gasteiger partial charge in [-0.15, -0.1) is 6.58 Å². The second-order valence-corrected chi connectivity index (χ2v) is 9.57. The lowest BCUT2D eigenvalue weighted by Crippen LogP contribution is -2.45. The smallest absolute Gasteiger partial charge is 0.410 e. The van der Waals surface area contributed by atoms with Crippen LogP contribution in [-0.4, -0.2) is 47.9 Å². The highest BCUT2D eigenvalue weighted by atomic mass is 16.6. The molecule has 1 aromatic carbocycles. The summed E-state index contributed by atoms with van der Waals surface area (Å²) in [5, 5.41) is 5.75. The van der Waals surface area contributed by atoms with Crippen molar-refractivity contribution in [3.8, 4) is 0 Å². The number of benzene rings is 1. The summed E-state index contributed by atoms with van der Waals surface area (Å²) in [6, 6.07) is 7.61. The molecule has 0 fully saturated rings. The molecular formula is C29H43N3O4. The van der Waals surface area contributed by atoms with Crippen molar-refractivity contribution in [1.29, 1.82) is 0 Å². The van der Waals surface area contributed by atoms with E-state index in [1.54, 1.807) is 4.90 Å². The number of amides is 2. The van der Waals surface area contributed by atoms with E-state index in [0.717, 1.165) is 25.7 Å². The van der Waals surface area contributed by atoms with Gasteiger partial charge in [-0.2, -0.15) is 0 Å². The number of nitrogens with one attached hydrogen (secondary N) is 2. The van der Waals surface area contributed by atoms with Gasteiger partial charge in [-0.3, -0.25) is 9.59 Å². The molecule has 1 aliphatic heterocycles. The van der Waals surface area contributed by atoms with Gasteiger partial charge >= 0.3 is 6.09 Å². The third-order valence-electron chi connectivity index (χ3n) is 6.70. The maximum atomic E-state index is 13.0. The van der Waals surface area contributed by atoms with Crippen LogP contribution in [0.3, 0.4) is 0 Å². The first-order valence-corrected chi connectivity index (χ1v) is 13.2. The summed E-state index contributed by atoms with van der Waals surface area (Å²) in [5.74, 6) is -1.18. The summed E-state index contributed by atoms with van der Waals surface area (Å²) < 4.78 is 5.91. The normalized spacial score (nSPS) is 15.5. The van der Waals surface area contributed by atoms with E-state index < -0.39 is 17.7 Å². The molecule has 2 rings (SSSR count). The Balaban J connectivity index is 1.95. The third-order valence-corrected chi connectivity index (χ3v) is 6.70. The molecule has 0 radical (unpaired) electrons. The number of Topliss-reactive ketones (excluding diaryl/α,β-unsaturated/α-hetero) is 1. The van der Waals surface area contributed by atoms with Crippen molar-refractivity contribution in [2.45, 2.75) is 84.4 Å². The Hall–Kier alpha value is -3.09. The lowest BCUT2D eigenvalue weighted by Gasteiger charge is -2.28. The fraction of sp³-hybridized carbons (Fsp3) is 0.552. The van der Waals surface area contributed by atoms with Gasteiger partial charge < -0.3 is 20.3 Å². The molecule has 7 heteroatoms. The molecule has 1 heterocycles. The van der Waals surface area contributed by atoms with E-state index in [9.17, 15) is 14.4 Å². The van der Waals surface area contributed by atoms with Crippen LogP contribution in [0.25, 0.3) is 0 Å². The summed E-state index contributed by atoms with van der Waals surface area (Å²) in [5.41, 5.74) is 3.13. The van der Waals surface area contributed by atoms with E-state index >= 15 is 0 Å². The minimum atomic E-state index is -0.635. The first-order chi connectivity index (χ1) is 17.3. The molecular weight excluding hydrogens is 454 g/mol. The minimum absolute atomic E-state index is 0.0548. The van der Waals surface area contributed by atoms with Crippen LogP contribution in [0.5, 0.6) is 0 Å². The summed E-state index contributed by atoms with van der Waals surface area (Å²) in [4.78, 5) is 39.7. The fourth-order valence-corrected chi connectivity index (χ4v) is 4.36. The molecule has 1 aromatic rings. The van der Waals surface area contributed by atoms with Gasteiger partial charge in [0.05, 0.1) is 6.04 Å². The van der Waals surface area contributed by atoms with E-state index in [1.807, 2.05) is 32.9 Å². The molecule has 2 amide bonds.